The first-order valence-electron chi connectivity index (χ1n) is 11.3. The summed E-state index contributed by atoms with van der Waals surface area (Å²) < 4.78 is 17.0. The van der Waals surface area contributed by atoms with Crippen molar-refractivity contribution in [2.45, 2.75) is 61.5 Å². The van der Waals surface area contributed by atoms with E-state index in [0.29, 0.717) is 58.4 Å². The first-order valence-corrected chi connectivity index (χ1v) is 12.2. The monoisotopic (exact) mass is 510 g/mol. The molecule has 8 nitrogen and oxygen atoms in total. The molecule has 0 bridgehead atoms. The zero-order valence-corrected chi connectivity index (χ0v) is 19.7. The van der Waals surface area contributed by atoms with Crippen molar-refractivity contribution in [1.82, 2.24) is 10.2 Å². The van der Waals surface area contributed by atoms with Crippen molar-refractivity contribution in [1.29, 1.82) is 0 Å². The van der Waals surface area contributed by atoms with Gasteiger partial charge in [-0.05, 0) is 24.8 Å². The Bertz CT molecular complexity index is 780. The lowest BCUT2D eigenvalue weighted by molar-refractivity contribution is -0.201. The number of carbonyl (C=O) groups excluding carboxylic acids is 2. The van der Waals surface area contributed by atoms with Gasteiger partial charge in [0.15, 0.2) is 5.79 Å². The fraction of sp³-hybridized carbons (Fsp3) is 0.652. The largest absolute Gasteiger partial charge is 0.445 e. The lowest BCUT2D eigenvalue weighted by Crippen LogP contribution is -2.52. The smallest absolute Gasteiger partial charge is 0.410 e. The van der Waals surface area contributed by atoms with E-state index in [2.05, 4.69) is 21.2 Å². The summed E-state index contributed by atoms with van der Waals surface area (Å²) in [6.45, 7) is 2.41. The summed E-state index contributed by atoms with van der Waals surface area (Å²) in [5.41, 5.74) is 0.950. The van der Waals surface area contributed by atoms with Crippen LogP contribution in [0.4, 0.5) is 4.79 Å². The third kappa shape index (κ3) is 5.62. The highest BCUT2D eigenvalue weighted by atomic mass is 79.9. The maximum Gasteiger partial charge on any atom is 0.410 e. The van der Waals surface area contributed by atoms with E-state index < -0.39 is 16.7 Å². The van der Waals surface area contributed by atoms with Crippen LogP contribution in [-0.4, -0.2) is 71.1 Å². The molecule has 3 aliphatic rings. The predicted molar refractivity (Wildman–Crippen MR) is 120 cm³/mol. The Kier molecular flexibility index (Phi) is 7.70. The highest BCUT2D eigenvalue weighted by Gasteiger charge is 2.48. The third-order valence-electron chi connectivity index (χ3n) is 6.61. The van der Waals surface area contributed by atoms with Crippen LogP contribution in [0.3, 0.4) is 0 Å². The summed E-state index contributed by atoms with van der Waals surface area (Å²) in [6, 6.07) is 9.56. The molecular formula is C23H31BrN2O6. The summed E-state index contributed by atoms with van der Waals surface area (Å²) in [5.74, 6) is -1.09. The number of hydrogen-bond donors (Lipinski definition) is 2. The maximum absolute atomic E-state index is 12.9. The molecule has 2 saturated heterocycles. The molecule has 0 radical (unpaired) electrons. The van der Waals surface area contributed by atoms with Crippen LogP contribution in [0, 0.1) is 5.92 Å². The Labute approximate surface area is 196 Å². The molecule has 1 aromatic carbocycles. The van der Waals surface area contributed by atoms with Gasteiger partial charge < -0.3 is 29.5 Å². The number of ether oxygens (including phenoxy) is 3. The molecule has 2 amide bonds. The number of nitrogens with one attached hydrogen (secondary N) is 1. The lowest BCUT2D eigenvalue weighted by atomic mass is 9.80. The van der Waals surface area contributed by atoms with Crippen LogP contribution in [0.2, 0.25) is 0 Å². The second-order valence-electron chi connectivity index (χ2n) is 8.79. The van der Waals surface area contributed by atoms with Crippen molar-refractivity contribution in [3.8, 4) is 0 Å². The molecule has 1 unspecified atom stereocenters. The van der Waals surface area contributed by atoms with E-state index in [1.165, 1.54) is 0 Å². The number of rotatable bonds is 5. The van der Waals surface area contributed by atoms with Gasteiger partial charge in [0.05, 0.1) is 24.1 Å². The molecule has 1 aliphatic carbocycles. The highest BCUT2D eigenvalue weighted by Crippen LogP contribution is 2.41. The lowest BCUT2D eigenvalue weighted by Gasteiger charge is -2.41. The second-order valence-corrected chi connectivity index (χ2v) is 9.78. The maximum atomic E-state index is 12.9. The van der Waals surface area contributed by atoms with E-state index in [4.69, 9.17) is 14.2 Å². The van der Waals surface area contributed by atoms with Gasteiger partial charge in [-0.25, -0.2) is 4.79 Å². The molecule has 4 rings (SSSR count). The minimum atomic E-state index is -0.665. The summed E-state index contributed by atoms with van der Waals surface area (Å²) in [7, 11) is 0. The van der Waals surface area contributed by atoms with Crippen LogP contribution < -0.4 is 5.32 Å². The van der Waals surface area contributed by atoms with Gasteiger partial charge in [-0.15, -0.1) is 0 Å². The molecular weight excluding hydrogens is 480 g/mol. The van der Waals surface area contributed by atoms with E-state index in [1.807, 2.05) is 30.3 Å². The Hall–Kier alpha value is -1.68. The van der Waals surface area contributed by atoms with Crippen LogP contribution in [0.15, 0.2) is 30.3 Å². The van der Waals surface area contributed by atoms with Gasteiger partial charge in [-0.2, -0.15) is 0 Å². The number of piperidine rings is 1. The van der Waals surface area contributed by atoms with Crippen LogP contribution in [-0.2, 0) is 25.6 Å². The topological polar surface area (TPSA) is 97.3 Å². The number of benzene rings is 1. The van der Waals surface area contributed by atoms with Crippen LogP contribution in [0.5, 0.6) is 0 Å². The number of aliphatic hydroxyl groups excluding tert-OH is 1. The first kappa shape index (κ1) is 23.5. The number of carbonyl (C=O) groups is 2. The first-order chi connectivity index (χ1) is 15.5. The number of nitrogens with zero attached hydrogens (tertiary/aromatic N) is 1. The van der Waals surface area contributed by atoms with Crippen molar-refractivity contribution < 1.29 is 28.9 Å². The Morgan fingerprint density at radius 1 is 1.19 bits per heavy atom. The molecule has 2 N–H and O–H groups in total. The molecule has 1 aromatic rings. The molecule has 2 heterocycles. The van der Waals surface area contributed by atoms with Gasteiger partial charge in [-0.3, -0.25) is 4.79 Å². The quantitative estimate of drug-likeness (QED) is 0.590. The van der Waals surface area contributed by atoms with Crippen LogP contribution in [0.25, 0.3) is 0 Å². The number of alkyl halides is 1. The van der Waals surface area contributed by atoms with E-state index in [0.717, 1.165) is 5.56 Å². The Morgan fingerprint density at radius 3 is 2.56 bits per heavy atom. The van der Waals surface area contributed by atoms with Gasteiger partial charge >= 0.3 is 6.09 Å². The van der Waals surface area contributed by atoms with Crippen LogP contribution >= 0.6 is 15.9 Å². The molecule has 32 heavy (non-hydrogen) atoms. The average molecular weight is 511 g/mol. The zero-order valence-electron chi connectivity index (χ0n) is 18.1. The van der Waals surface area contributed by atoms with Gasteiger partial charge in [0, 0.05) is 37.9 Å². The van der Waals surface area contributed by atoms with Gasteiger partial charge in [-0.1, -0.05) is 46.3 Å². The number of halogens is 1. The van der Waals surface area contributed by atoms with Gasteiger partial charge in [0.2, 0.25) is 5.91 Å². The molecule has 1 spiro atoms. The minimum absolute atomic E-state index is 0.0191. The summed E-state index contributed by atoms with van der Waals surface area (Å²) in [6.07, 6.45) is 2.09. The summed E-state index contributed by atoms with van der Waals surface area (Å²) >= 11 is 3.51. The van der Waals surface area contributed by atoms with Crippen molar-refractivity contribution >= 4 is 27.9 Å². The standard InChI is InChI=1S/C23H31BrN2O6/c24-20(18-14-23(9-6-19(18)27)31-12-13-32-23)21(28)25-17-7-10-26(11-8-17)22(29)30-15-16-4-2-1-3-5-16/h1-5,17-20,27H,6-15H2,(H,25,28)/t18-,19-,20?/m1/s1. The summed E-state index contributed by atoms with van der Waals surface area (Å²) in [4.78, 5) is 26.4. The third-order valence-corrected chi connectivity index (χ3v) is 7.70. The number of aliphatic hydroxyl groups is 1. The normalized spacial score (nSPS) is 26.6. The fourth-order valence-electron chi connectivity index (χ4n) is 4.73. The number of hydrogen-bond acceptors (Lipinski definition) is 6. The van der Waals surface area contributed by atoms with E-state index in [-0.39, 0.29) is 30.6 Å². The predicted octanol–water partition coefficient (Wildman–Crippen LogP) is 2.57. The molecule has 9 heteroatoms. The summed E-state index contributed by atoms with van der Waals surface area (Å²) in [5, 5.41) is 13.6. The molecule has 0 aromatic heterocycles. The van der Waals surface area contributed by atoms with Crippen molar-refractivity contribution in [3.63, 3.8) is 0 Å². The Balaban J connectivity index is 1.22. The molecule has 3 atom stereocenters. The van der Waals surface area contributed by atoms with E-state index >= 15 is 0 Å². The molecule has 3 fully saturated rings. The number of amides is 2. The molecule has 1 saturated carbocycles. The number of likely N-dealkylation sites (tertiary alicyclic amines) is 1. The SMILES string of the molecule is O=C(NC1CCN(C(=O)OCc2ccccc2)CC1)C(Br)[C@@H]1CC2(CC[C@H]1O)OCCO2. The Morgan fingerprint density at radius 2 is 1.88 bits per heavy atom. The zero-order chi connectivity index (χ0) is 22.6. The average Bonchev–Trinajstić information content (AvgIpc) is 3.28. The van der Waals surface area contributed by atoms with E-state index in [9.17, 15) is 14.7 Å². The van der Waals surface area contributed by atoms with Crippen molar-refractivity contribution in [3.05, 3.63) is 35.9 Å². The molecule has 176 valence electrons. The van der Waals surface area contributed by atoms with Crippen molar-refractivity contribution in [2.24, 2.45) is 5.92 Å². The highest BCUT2D eigenvalue weighted by molar-refractivity contribution is 9.10. The second kappa shape index (κ2) is 10.5. The molecule has 2 aliphatic heterocycles. The van der Waals surface area contributed by atoms with E-state index in [1.54, 1.807) is 4.90 Å². The van der Waals surface area contributed by atoms with Gasteiger partial charge in [0.25, 0.3) is 0 Å². The van der Waals surface area contributed by atoms with Crippen LogP contribution in [0.1, 0.15) is 37.7 Å². The fourth-order valence-corrected chi connectivity index (χ4v) is 5.40. The van der Waals surface area contributed by atoms with Crippen molar-refractivity contribution in [2.75, 3.05) is 26.3 Å². The minimum Gasteiger partial charge on any atom is -0.445 e. The van der Waals surface area contributed by atoms with Gasteiger partial charge in [0.1, 0.15) is 6.61 Å².